The predicted octanol–water partition coefficient (Wildman–Crippen LogP) is 8.29. The third-order valence-electron chi connectivity index (χ3n) is 7.88. The molecule has 4 rings (SSSR count). The van der Waals surface area contributed by atoms with E-state index in [1.165, 1.54) is 119 Å². The number of anilines is 2. The fourth-order valence-electron chi connectivity index (χ4n) is 5.17. The maximum atomic E-state index is 5.90. The molecule has 0 atom stereocenters. The van der Waals surface area contributed by atoms with Crippen LogP contribution >= 0.6 is 11.8 Å². The lowest BCUT2D eigenvalue weighted by Gasteiger charge is -2.34. The monoisotopic (exact) mass is 553 g/mol. The van der Waals surface area contributed by atoms with Crippen molar-refractivity contribution >= 4 is 23.1 Å². The molecule has 218 valence electrons. The number of likely N-dealkylation sites (N-methyl/N-ethyl adjacent to an activating group) is 1. The van der Waals surface area contributed by atoms with Crippen LogP contribution in [0.15, 0.2) is 48.5 Å². The number of nitrogens with zero attached hydrogens (tertiary/aromatic N) is 3. The van der Waals surface area contributed by atoms with Gasteiger partial charge in [-0.2, -0.15) is 11.8 Å². The minimum Gasteiger partial charge on any atom is -0.494 e. The van der Waals surface area contributed by atoms with E-state index < -0.39 is 0 Å². The van der Waals surface area contributed by atoms with Gasteiger partial charge in [0.25, 0.3) is 0 Å². The highest BCUT2D eigenvalue weighted by atomic mass is 32.2. The number of thioether (sulfide) groups is 1. The summed E-state index contributed by atoms with van der Waals surface area (Å²) < 4.78 is 5.90. The van der Waals surface area contributed by atoms with Gasteiger partial charge in [0.2, 0.25) is 0 Å². The Labute approximate surface area is 244 Å². The second kappa shape index (κ2) is 19.3. The molecule has 2 saturated heterocycles. The summed E-state index contributed by atoms with van der Waals surface area (Å²) in [4.78, 5) is 7.31. The Bertz CT molecular complexity index is 859. The van der Waals surface area contributed by atoms with Crippen molar-refractivity contribution in [1.82, 2.24) is 4.90 Å². The van der Waals surface area contributed by atoms with Crippen LogP contribution in [0.1, 0.15) is 76.7 Å². The molecule has 4 nitrogen and oxygen atoms in total. The van der Waals surface area contributed by atoms with Gasteiger partial charge in [0.05, 0.1) is 6.61 Å². The van der Waals surface area contributed by atoms with Crippen LogP contribution in [-0.4, -0.2) is 69.3 Å². The van der Waals surface area contributed by atoms with Gasteiger partial charge in [-0.05, 0) is 56.8 Å². The molecule has 39 heavy (non-hydrogen) atoms. The number of hydrogen-bond donors (Lipinski definition) is 0. The molecular weight excluding hydrogens is 498 g/mol. The normalized spacial score (nSPS) is 16.1. The molecule has 2 fully saturated rings. The second-order valence-electron chi connectivity index (χ2n) is 11.2. The van der Waals surface area contributed by atoms with Gasteiger partial charge in [-0.25, -0.2) is 0 Å². The first-order valence-corrected chi connectivity index (χ1v) is 16.9. The highest BCUT2D eigenvalue weighted by Gasteiger charge is 2.13. The number of ether oxygens (including phenoxy) is 1. The summed E-state index contributed by atoms with van der Waals surface area (Å²) in [6, 6.07) is 17.5. The summed E-state index contributed by atoms with van der Waals surface area (Å²) in [6.45, 7) is 12.3. The van der Waals surface area contributed by atoms with Crippen LogP contribution in [0, 0.1) is 6.92 Å². The Kier molecular flexibility index (Phi) is 15.6. The first-order valence-electron chi connectivity index (χ1n) is 15.7. The summed E-state index contributed by atoms with van der Waals surface area (Å²) in [5.74, 6) is 3.51. The molecule has 5 heteroatoms. The topological polar surface area (TPSA) is 19.0 Å². The van der Waals surface area contributed by atoms with Gasteiger partial charge >= 0.3 is 0 Å². The van der Waals surface area contributed by atoms with E-state index in [1.807, 2.05) is 0 Å². The standard InChI is InChI=1S/C22H37NOS.C12H18N2/c1-2-3-4-5-6-7-8-9-10-11-18-24-22-14-12-21(13-15-22)23-16-19-25-20-17-23;1-11-3-5-12(6-4-11)14-9-7-13(2)8-10-14/h12-15H,2-11,16-20H2,1H3;3-6H,7-10H2,1-2H3. The van der Waals surface area contributed by atoms with Crippen LogP contribution in [0.3, 0.4) is 0 Å². The van der Waals surface area contributed by atoms with E-state index in [2.05, 4.69) is 95.9 Å². The van der Waals surface area contributed by atoms with Crippen LogP contribution in [0.5, 0.6) is 5.75 Å². The first kappa shape index (κ1) is 31.7. The van der Waals surface area contributed by atoms with Crippen LogP contribution in [-0.2, 0) is 0 Å². The Morgan fingerprint density at radius 1 is 0.615 bits per heavy atom. The molecular formula is C34H55N3OS. The van der Waals surface area contributed by atoms with Crippen LogP contribution < -0.4 is 14.5 Å². The molecule has 0 spiro atoms. The number of aryl methyl sites for hydroxylation is 1. The highest BCUT2D eigenvalue weighted by Crippen LogP contribution is 2.23. The molecule has 0 unspecified atom stereocenters. The fraction of sp³-hybridized carbons (Fsp3) is 0.647. The molecule has 2 heterocycles. The van der Waals surface area contributed by atoms with Gasteiger partial charge in [-0.1, -0.05) is 82.4 Å². The Morgan fingerprint density at radius 3 is 1.67 bits per heavy atom. The number of unbranched alkanes of at least 4 members (excludes halogenated alkanes) is 9. The Hall–Kier alpha value is -1.85. The zero-order valence-corrected chi connectivity index (χ0v) is 26.0. The van der Waals surface area contributed by atoms with Gasteiger partial charge in [0.1, 0.15) is 5.75 Å². The summed E-state index contributed by atoms with van der Waals surface area (Å²) >= 11 is 2.05. The van der Waals surface area contributed by atoms with Crippen molar-refractivity contribution in [3.8, 4) is 5.75 Å². The van der Waals surface area contributed by atoms with E-state index in [4.69, 9.17) is 4.74 Å². The SMILES string of the molecule is CCCCCCCCCCCCOc1ccc(N2CCSCC2)cc1.Cc1ccc(N2CCN(C)CC2)cc1. The maximum Gasteiger partial charge on any atom is 0.119 e. The number of piperazine rings is 1. The van der Waals surface area contributed by atoms with E-state index in [-0.39, 0.29) is 0 Å². The Morgan fingerprint density at radius 2 is 1.10 bits per heavy atom. The zero-order chi connectivity index (χ0) is 27.5. The average molecular weight is 554 g/mol. The van der Waals surface area contributed by atoms with E-state index in [0.29, 0.717) is 0 Å². The van der Waals surface area contributed by atoms with Crippen molar-refractivity contribution in [2.24, 2.45) is 0 Å². The number of hydrogen-bond acceptors (Lipinski definition) is 5. The molecule has 0 radical (unpaired) electrons. The van der Waals surface area contributed by atoms with Crippen molar-refractivity contribution in [3.63, 3.8) is 0 Å². The number of benzene rings is 2. The largest absolute Gasteiger partial charge is 0.494 e. The van der Waals surface area contributed by atoms with E-state index in [1.54, 1.807) is 0 Å². The minimum atomic E-state index is 0.857. The smallest absolute Gasteiger partial charge is 0.119 e. The quantitative estimate of drug-likeness (QED) is 0.219. The van der Waals surface area contributed by atoms with Crippen molar-refractivity contribution in [3.05, 3.63) is 54.1 Å². The maximum absolute atomic E-state index is 5.90. The second-order valence-corrected chi connectivity index (χ2v) is 12.5. The molecule has 2 aromatic carbocycles. The zero-order valence-electron chi connectivity index (χ0n) is 25.2. The third kappa shape index (κ3) is 12.9. The summed E-state index contributed by atoms with van der Waals surface area (Å²) in [5, 5.41) is 0. The molecule has 0 bridgehead atoms. The molecule has 2 aliphatic heterocycles. The molecule has 0 saturated carbocycles. The molecule has 0 aromatic heterocycles. The van der Waals surface area contributed by atoms with Gasteiger partial charge in [-0.3, -0.25) is 0 Å². The van der Waals surface area contributed by atoms with Gasteiger partial charge < -0.3 is 19.4 Å². The third-order valence-corrected chi connectivity index (χ3v) is 8.82. The molecule has 0 N–H and O–H groups in total. The van der Waals surface area contributed by atoms with Crippen molar-refractivity contribution in [1.29, 1.82) is 0 Å². The van der Waals surface area contributed by atoms with Crippen molar-refractivity contribution in [2.75, 3.05) is 74.2 Å². The highest BCUT2D eigenvalue weighted by molar-refractivity contribution is 7.99. The van der Waals surface area contributed by atoms with Gasteiger partial charge in [-0.15, -0.1) is 0 Å². The lowest BCUT2D eigenvalue weighted by molar-refractivity contribution is 0.304. The van der Waals surface area contributed by atoms with E-state index in [0.717, 1.165) is 25.4 Å². The van der Waals surface area contributed by atoms with Crippen molar-refractivity contribution in [2.45, 2.75) is 78.1 Å². The first-order chi connectivity index (χ1) is 19.2. The minimum absolute atomic E-state index is 0.857. The lowest BCUT2D eigenvalue weighted by Crippen LogP contribution is -2.44. The Balaban J connectivity index is 0.000000252. The van der Waals surface area contributed by atoms with Gasteiger partial charge in [0, 0.05) is 62.1 Å². The molecule has 2 aliphatic rings. The van der Waals surface area contributed by atoms with Crippen molar-refractivity contribution < 1.29 is 4.74 Å². The fourth-order valence-corrected chi connectivity index (χ4v) is 6.08. The summed E-state index contributed by atoms with van der Waals surface area (Å²) in [6.07, 6.45) is 13.7. The lowest BCUT2D eigenvalue weighted by atomic mass is 10.1. The molecule has 0 aliphatic carbocycles. The number of rotatable bonds is 14. The van der Waals surface area contributed by atoms with Gasteiger partial charge in [0.15, 0.2) is 0 Å². The van der Waals surface area contributed by atoms with Crippen LogP contribution in [0.2, 0.25) is 0 Å². The average Bonchev–Trinajstić information content (AvgIpc) is 2.98. The van der Waals surface area contributed by atoms with E-state index >= 15 is 0 Å². The van der Waals surface area contributed by atoms with Crippen LogP contribution in [0.25, 0.3) is 0 Å². The summed E-state index contributed by atoms with van der Waals surface area (Å²) in [7, 11) is 2.19. The molecule has 2 aromatic rings. The predicted molar refractivity (Wildman–Crippen MR) is 174 cm³/mol. The summed E-state index contributed by atoms with van der Waals surface area (Å²) in [5.41, 5.74) is 4.04. The molecule has 0 amide bonds. The van der Waals surface area contributed by atoms with Crippen LogP contribution in [0.4, 0.5) is 11.4 Å². The van der Waals surface area contributed by atoms with E-state index in [9.17, 15) is 0 Å².